The van der Waals surface area contributed by atoms with Gasteiger partial charge in [-0.05, 0) is 18.8 Å². The Balaban J connectivity index is 1.93. The molecule has 2 aliphatic carbocycles. The Bertz CT molecular complexity index is 217. The molecule has 0 amide bonds. The third-order valence-electron chi connectivity index (χ3n) is 4.41. The summed E-state index contributed by atoms with van der Waals surface area (Å²) in [5, 5.41) is 10.1. The van der Waals surface area contributed by atoms with Crippen molar-refractivity contribution in [1.29, 1.82) is 0 Å². The molecule has 2 rings (SSSR count). The molecule has 2 nitrogen and oxygen atoms in total. The number of aliphatic hydroxyl groups is 1. The second-order valence-corrected chi connectivity index (χ2v) is 6.11. The highest BCUT2D eigenvalue weighted by atomic mass is 16.5. The van der Waals surface area contributed by atoms with Crippen LogP contribution < -0.4 is 0 Å². The first kappa shape index (κ1) is 12.4. The van der Waals surface area contributed by atoms with E-state index in [1.807, 2.05) is 0 Å². The molecular weight excluding hydrogens is 200 g/mol. The Labute approximate surface area is 99.4 Å². The van der Waals surface area contributed by atoms with Crippen LogP contribution in [-0.2, 0) is 4.74 Å². The number of ether oxygens (including phenoxy) is 1. The maximum atomic E-state index is 10.1. The third-order valence-corrected chi connectivity index (χ3v) is 4.41. The lowest BCUT2D eigenvalue weighted by atomic mass is 9.59. The lowest BCUT2D eigenvalue weighted by Gasteiger charge is -2.53. The summed E-state index contributed by atoms with van der Waals surface area (Å²) in [5.41, 5.74) is 0.130. The van der Waals surface area contributed by atoms with Crippen molar-refractivity contribution in [3.8, 4) is 0 Å². The fourth-order valence-corrected chi connectivity index (χ4v) is 3.31. The molecule has 94 valence electrons. The van der Waals surface area contributed by atoms with Gasteiger partial charge in [0, 0.05) is 18.4 Å². The molecule has 2 saturated carbocycles. The lowest BCUT2D eigenvalue weighted by molar-refractivity contribution is -0.202. The van der Waals surface area contributed by atoms with Crippen LogP contribution in [0.1, 0.15) is 58.8 Å². The van der Waals surface area contributed by atoms with E-state index in [1.54, 1.807) is 0 Å². The summed E-state index contributed by atoms with van der Waals surface area (Å²) < 4.78 is 6.00. The van der Waals surface area contributed by atoms with E-state index in [9.17, 15) is 5.11 Å². The van der Waals surface area contributed by atoms with Gasteiger partial charge in [-0.25, -0.2) is 0 Å². The van der Waals surface area contributed by atoms with Gasteiger partial charge >= 0.3 is 0 Å². The van der Waals surface area contributed by atoms with Crippen LogP contribution in [0.5, 0.6) is 0 Å². The molecule has 0 radical (unpaired) electrons. The van der Waals surface area contributed by atoms with Crippen LogP contribution in [0.15, 0.2) is 0 Å². The Morgan fingerprint density at radius 1 is 1.19 bits per heavy atom. The SMILES string of the molecule is CC(C)COC1CC(O)C12CCCCCC2. The van der Waals surface area contributed by atoms with Crippen molar-refractivity contribution in [3.05, 3.63) is 0 Å². The first-order valence-electron chi connectivity index (χ1n) is 6.95. The van der Waals surface area contributed by atoms with Gasteiger partial charge in [-0.15, -0.1) is 0 Å². The molecule has 0 bridgehead atoms. The number of hydrogen-bond acceptors (Lipinski definition) is 2. The molecule has 2 atom stereocenters. The Morgan fingerprint density at radius 2 is 1.81 bits per heavy atom. The highest BCUT2D eigenvalue weighted by molar-refractivity contribution is 5.04. The van der Waals surface area contributed by atoms with Crippen molar-refractivity contribution in [3.63, 3.8) is 0 Å². The minimum atomic E-state index is -0.0947. The summed E-state index contributed by atoms with van der Waals surface area (Å²) in [4.78, 5) is 0. The summed E-state index contributed by atoms with van der Waals surface area (Å²) in [6.07, 6.45) is 8.69. The highest BCUT2D eigenvalue weighted by Gasteiger charge is 2.54. The van der Waals surface area contributed by atoms with Crippen molar-refractivity contribution in [2.24, 2.45) is 11.3 Å². The van der Waals surface area contributed by atoms with Crippen LogP contribution in [0.3, 0.4) is 0 Å². The van der Waals surface area contributed by atoms with Crippen LogP contribution in [0, 0.1) is 11.3 Å². The molecule has 2 unspecified atom stereocenters. The third kappa shape index (κ3) is 2.28. The van der Waals surface area contributed by atoms with E-state index >= 15 is 0 Å². The van der Waals surface area contributed by atoms with E-state index < -0.39 is 0 Å². The molecule has 16 heavy (non-hydrogen) atoms. The van der Waals surface area contributed by atoms with Gasteiger partial charge in [-0.2, -0.15) is 0 Å². The average molecular weight is 226 g/mol. The van der Waals surface area contributed by atoms with E-state index in [4.69, 9.17) is 4.74 Å². The van der Waals surface area contributed by atoms with Crippen molar-refractivity contribution >= 4 is 0 Å². The molecule has 2 heteroatoms. The molecule has 0 aromatic heterocycles. The standard InChI is InChI=1S/C14H26O2/c1-11(2)10-16-13-9-12(15)14(13)7-5-3-4-6-8-14/h11-13,15H,3-10H2,1-2H3. The smallest absolute Gasteiger partial charge is 0.0681 e. The highest BCUT2D eigenvalue weighted by Crippen LogP contribution is 2.52. The Morgan fingerprint density at radius 3 is 2.31 bits per heavy atom. The molecule has 0 heterocycles. The van der Waals surface area contributed by atoms with Gasteiger partial charge in [0.1, 0.15) is 0 Å². The topological polar surface area (TPSA) is 29.5 Å². The van der Waals surface area contributed by atoms with E-state index in [1.165, 1.54) is 38.5 Å². The second kappa shape index (κ2) is 5.05. The summed E-state index contributed by atoms with van der Waals surface area (Å²) >= 11 is 0. The first-order valence-corrected chi connectivity index (χ1v) is 6.95. The predicted molar refractivity (Wildman–Crippen MR) is 65.3 cm³/mol. The van der Waals surface area contributed by atoms with Gasteiger partial charge < -0.3 is 9.84 Å². The molecule has 2 aliphatic rings. The zero-order chi connectivity index (χ0) is 11.6. The molecule has 1 N–H and O–H groups in total. The molecule has 0 aromatic carbocycles. The largest absolute Gasteiger partial charge is 0.392 e. The van der Waals surface area contributed by atoms with Crippen molar-refractivity contribution < 1.29 is 9.84 Å². The van der Waals surface area contributed by atoms with E-state index in [0.717, 1.165) is 13.0 Å². The van der Waals surface area contributed by atoms with E-state index in [0.29, 0.717) is 12.0 Å². The van der Waals surface area contributed by atoms with Gasteiger partial charge in [-0.3, -0.25) is 0 Å². The zero-order valence-corrected chi connectivity index (χ0v) is 10.7. The van der Waals surface area contributed by atoms with E-state index in [-0.39, 0.29) is 11.5 Å². The molecule has 0 aromatic rings. The fourth-order valence-electron chi connectivity index (χ4n) is 3.31. The monoisotopic (exact) mass is 226 g/mol. The first-order chi connectivity index (χ1) is 7.65. The quantitative estimate of drug-likeness (QED) is 0.801. The number of aliphatic hydroxyl groups excluding tert-OH is 1. The van der Waals surface area contributed by atoms with Crippen LogP contribution in [0.2, 0.25) is 0 Å². The van der Waals surface area contributed by atoms with Gasteiger partial charge in [-0.1, -0.05) is 39.5 Å². The lowest BCUT2D eigenvalue weighted by Crippen LogP contribution is -2.58. The normalized spacial score (nSPS) is 33.8. The molecule has 2 fully saturated rings. The summed E-state index contributed by atoms with van der Waals surface area (Å²) in [7, 11) is 0. The second-order valence-electron chi connectivity index (χ2n) is 6.11. The molecular formula is C14H26O2. The summed E-state index contributed by atoms with van der Waals surface area (Å²) in [6, 6.07) is 0. The average Bonchev–Trinajstić information content (AvgIpc) is 2.51. The maximum Gasteiger partial charge on any atom is 0.0681 e. The minimum Gasteiger partial charge on any atom is -0.392 e. The van der Waals surface area contributed by atoms with Gasteiger partial charge in [0.2, 0.25) is 0 Å². The summed E-state index contributed by atoms with van der Waals surface area (Å²) in [5.74, 6) is 0.598. The zero-order valence-electron chi connectivity index (χ0n) is 10.7. The van der Waals surface area contributed by atoms with E-state index in [2.05, 4.69) is 13.8 Å². The van der Waals surface area contributed by atoms with Crippen molar-refractivity contribution in [1.82, 2.24) is 0 Å². The molecule has 1 spiro atoms. The minimum absolute atomic E-state index is 0.0947. The Hall–Kier alpha value is -0.0800. The van der Waals surface area contributed by atoms with Crippen LogP contribution in [0.25, 0.3) is 0 Å². The van der Waals surface area contributed by atoms with Crippen molar-refractivity contribution in [2.75, 3.05) is 6.61 Å². The van der Waals surface area contributed by atoms with Crippen LogP contribution in [-0.4, -0.2) is 23.9 Å². The number of rotatable bonds is 3. The fraction of sp³-hybridized carbons (Fsp3) is 1.00. The van der Waals surface area contributed by atoms with Crippen LogP contribution >= 0.6 is 0 Å². The van der Waals surface area contributed by atoms with Crippen molar-refractivity contribution in [2.45, 2.75) is 71.0 Å². The molecule has 0 saturated heterocycles. The Kier molecular flexibility index (Phi) is 3.91. The number of hydrogen-bond donors (Lipinski definition) is 1. The van der Waals surface area contributed by atoms with Gasteiger partial charge in [0.15, 0.2) is 0 Å². The van der Waals surface area contributed by atoms with Crippen LogP contribution in [0.4, 0.5) is 0 Å². The van der Waals surface area contributed by atoms with Gasteiger partial charge in [0.05, 0.1) is 12.2 Å². The molecule has 0 aliphatic heterocycles. The maximum absolute atomic E-state index is 10.1. The van der Waals surface area contributed by atoms with Gasteiger partial charge in [0.25, 0.3) is 0 Å². The predicted octanol–water partition coefficient (Wildman–Crippen LogP) is 3.13. The summed E-state index contributed by atoms with van der Waals surface area (Å²) in [6.45, 7) is 5.23.